The molecule has 2 rings (SSSR count). The largest absolute Gasteiger partial charge is 0.478 e. The molecule has 100 valence electrons. The van der Waals surface area contributed by atoms with Crippen molar-refractivity contribution in [3.8, 4) is 5.88 Å². The summed E-state index contributed by atoms with van der Waals surface area (Å²) in [5.41, 5.74) is 0. The van der Waals surface area contributed by atoms with E-state index in [2.05, 4.69) is 15.3 Å². The maximum absolute atomic E-state index is 5.46. The molecular formula is C13H21N3O2. The zero-order valence-electron chi connectivity index (χ0n) is 10.9. The molecule has 1 saturated heterocycles. The van der Waals surface area contributed by atoms with E-state index in [0.29, 0.717) is 24.4 Å². The predicted molar refractivity (Wildman–Crippen MR) is 69.9 cm³/mol. The van der Waals surface area contributed by atoms with Gasteiger partial charge in [-0.05, 0) is 32.1 Å². The van der Waals surface area contributed by atoms with Crippen molar-refractivity contribution in [1.82, 2.24) is 9.97 Å². The zero-order valence-corrected chi connectivity index (χ0v) is 10.9. The van der Waals surface area contributed by atoms with E-state index in [1.165, 1.54) is 12.8 Å². The summed E-state index contributed by atoms with van der Waals surface area (Å²) < 4.78 is 10.8. The molecule has 5 heteroatoms. The van der Waals surface area contributed by atoms with Crippen LogP contribution in [0.15, 0.2) is 12.3 Å². The Hall–Kier alpha value is -1.36. The van der Waals surface area contributed by atoms with Gasteiger partial charge in [0.1, 0.15) is 0 Å². The third kappa shape index (κ3) is 4.14. The van der Waals surface area contributed by atoms with Crippen LogP contribution in [-0.2, 0) is 4.74 Å². The van der Waals surface area contributed by atoms with Crippen LogP contribution in [0.5, 0.6) is 5.88 Å². The standard InChI is InChI=1S/C13H21N3O2/c1-2-18-12-6-8-15-13(16-12)14-7-5-11-4-3-9-17-10-11/h6,8,11H,2-5,7,9-10H2,1H3,(H,14,15,16)/t11-/m0/s1. The summed E-state index contributed by atoms with van der Waals surface area (Å²) in [5, 5.41) is 3.23. The molecule has 1 aromatic rings. The maximum atomic E-state index is 5.46. The molecule has 1 atom stereocenters. The van der Waals surface area contributed by atoms with Gasteiger partial charge < -0.3 is 14.8 Å². The average Bonchev–Trinajstić information content (AvgIpc) is 2.41. The Morgan fingerprint density at radius 1 is 1.56 bits per heavy atom. The van der Waals surface area contributed by atoms with E-state index >= 15 is 0 Å². The Bertz CT molecular complexity index is 354. The minimum Gasteiger partial charge on any atom is -0.478 e. The lowest BCUT2D eigenvalue weighted by Crippen LogP contribution is -2.20. The van der Waals surface area contributed by atoms with Crippen LogP contribution in [0, 0.1) is 5.92 Å². The van der Waals surface area contributed by atoms with Gasteiger partial charge in [0, 0.05) is 32.0 Å². The van der Waals surface area contributed by atoms with Crippen molar-refractivity contribution >= 4 is 5.95 Å². The Labute approximate surface area is 108 Å². The highest BCUT2D eigenvalue weighted by Gasteiger charge is 2.13. The van der Waals surface area contributed by atoms with E-state index in [9.17, 15) is 0 Å². The van der Waals surface area contributed by atoms with Crippen LogP contribution < -0.4 is 10.1 Å². The predicted octanol–water partition coefficient (Wildman–Crippen LogP) is 2.10. The number of anilines is 1. The number of rotatable bonds is 6. The quantitative estimate of drug-likeness (QED) is 0.839. The highest BCUT2D eigenvalue weighted by Crippen LogP contribution is 2.17. The molecule has 0 aromatic carbocycles. The zero-order chi connectivity index (χ0) is 12.6. The fourth-order valence-electron chi connectivity index (χ4n) is 2.08. The molecule has 1 N–H and O–H groups in total. The molecule has 0 bridgehead atoms. The van der Waals surface area contributed by atoms with Crippen LogP contribution in [-0.4, -0.2) is 36.3 Å². The van der Waals surface area contributed by atoms with E-state index in [0.717, 1.165) is 26.2 Å². The number of aromatic nitrogens is 2. The van der Waals surface area contributed by atoms with E-state index in [1.54, 1.807) is 12.3 Å². The number of nitrogens with one attached hydrogen (secondary N) is 1. The number of nitrogens with zero attached hydrogens (tertiary/aromatic N) is 2. The lowest BCUT2D eigenvalue weighted by Gasteiger charge is -2.21. The smallest absolute Gasteiger partial charge is 0.225 e. The van der Waals surface area contributed by atoms with E-state index in [1.807, 2.05) is 6.92 Å². The van der Waals surface area contributed by atoms with Gasteiger partial charge >= 0.3 is 0 Å². The van der Waals surface area contributed by atoms with Crippen LogP contribution in [0.25, 0.3) is 0 Å². The molecule has 0 saturated carbocycles. The van der Waals surface area contributed by atoms with Gasteiger partial charge in [-0.3, -0.25) is 0 Å². The molecule has 0 unspecified atom stereocenters. The summed E-state index contributed by atoms with van der Waals surface area (Å²) in [5.74, 6) is 1.93. The van der Waals surface area contributed by atoms with Crippen molar-refractivity contribution in [1.29, 1.82) is 0 Å². The summed E-state index contributed by atoms with van der Waals surface area (Å²) >= 11 is 0. The summed E-state index contributed by atoms with van der Waals surface area (Å²) in [6.07, 6.45) is 5.26. The van der Waals surface area contributed by atoms with E-state index in [-0.39, 0.29) is 0 Å². The van der Waals surface area contributed by atoms with Gasteiger partial charge in [-0.1, -0.05) is 0 Å². The van der Waals surface area contributed by atoms with Gasteiger partial charge in [0.2, 0.25) is 11.8 Å². The Morgan fingerprint density at radius 2 is 2.50 bits per heavy atom. The third-order valence-corrected chi connectivity index (χ3v) is 3.01. The minimum absolute atomic E-state index is 0.621. The fraction of sp³-hybridized carbons (Fsp3) is 0.692. The maximum Gasteiger partial charge on any atom is 0.225 e. The first-order chi connectivity index (χ1) is 8.88. The Kier molecular flexibility index (Phi) is 5.20. The summed E-state index contributed by atoms with van der Waals surface area (Å²) in [7, 11) is 0. The first-order valence-electron chi connectivity index (χ1n) is 6.66. The normalized spacial score (nSPS) is 19.5. The van der Waals surface area contributed by atoms with Crippen molar-refractivity contribution in [3.05, 3.63) is 12.3 Å². The van der Waals surface area contributed by atoms with Crippen molar-refractivity contribution in [3.63, 3.8) is 0 Å². The van der Waals surface area contributed by atoms with E-state index < -0.39 is 0 Å². The van der Waals surface area contributed by atoms with Gasteiger partial charge in [0.25, 0.3) is 0 Å². The van der Waals surface area contributed by atoms with Gasteiger partial charge in [0.15, 0.2) is 0 Å². The van der Waals surface area contributed by atoms with Crippen LogP contribution in [0.2, 0.25) is 0 Å². The Balaban J connectivity index is 1.73. The second-order valence-electron chi connectivity index (χ2n) is 4.45. The monoisotopic (exact) mass is 251 g/mol. The van der Waals surface area contributed by atoms with Crippen molar-refractivity contribution in [2.24, 2.45) is 5.92 Å². The molecule has 2 heterocycles. The molecule has 1 aliphatic heterocycles. The molecule has 0 spiro atoms. The van der Waals surface area contributed by atoms with Crippen LogP contribution in [0.1, 0.15) is 26.2 Å². The molecule has 1 aromatic heterocycles. The molecule has 0 amide bonds. The van der Waals surface area contributed by atoms with Gasteiger partial charge in [-0.2, -0.15) is 4.98 Å². The summed E-state index contributed by atoms with van der Waals surface area (Å²) in [4.78, 5) is 8.44. The number of ether oxygens (including phenoxy) is 2. The lowest BCUT2D eigenvalue weighted by molar-refractivity contribution is 0.0530. The van der Waals surface area contributed by atoms with E-state index in [4.69, 9.17) is 9.47 Å². The fourth-order valence-corrected chi connectivity index (χ4v) is 2.08. The topological polar surface area (TPSA) is 56.3 Å². The second kappa shape index (κ2) is 7.16. The van der Waals surface area contributed by atoms with Crippen molar-refractivity contribution < 1.29 is 9.47 Å². The van der Waals surface area contributed by atoms with Crippen LogP contribution >= 0.6 is 0 Å². The molecule has 1 fully saturated rings. The molecule has 5 nitrogen and oxygen atoms in total. The molecule has 18 heavy (non-hydrogen) atoms. The SMILES string of the molecule is CCOc1ccnc(NCC[C@@H]2CCCOC2)n1. The first-order valence-corrected chi connectivity index (χ1v) is 6.66. The van der Waals surface area contributed by atoms with Gasteiger partial charge in [-0.15, -0.1) is 0 Å². The summed E-state index contributed by atoms with van der Waals surface area (Å²) in [6, 6.07) is 1.77. The first kappa shape index (κ1) is 13.1. The second-order valence-corrected chi connectivity index (χ2v) is 4.45. The van der Waals surface area contributed by atoms with Gasteiger partial charge in [-0.25, -0.2) is 4.98 Å². The van der Waals surface area contributed by atoms with Crippen molar-refractivity contribution in [2.45, 2.75) is 26.2 Å². The summed E-state index contributed by atoms with van der Waals surface area (Å²) in [6.45, 7) is 5.25. The minimum atomic E-state index is 0.621. The molecule has 0 aliphatic carbocycles. The Morgan fingerprint density at radius 3 is 3.28 bits per heavy atom. The van der Waals surface area contributed by atoms with Crippen molar-refractivity contribution in [2.75, 3.05) is 31.7 Å². The van der Waals surface area contributed by atoms with Gasteiger partial charge in [0.05, 0.1) is 6.61 Å². The highest BCUT2D eigenvalue weighted by atomic mass is 16.5. The lowest BCUT2D eigenvalue weighted by atomic mass is 9.99. The third-order valence-electron chi connectivity index (χ3n) is 3.01. The number of hydrogen-bond acceptors (Lipinski definition) is 5. The van der Waals surface area contributed by atoms with Crippen LogP contribution in [0.4, 0.5) is 5.95 Å². The van der Waals surface area contributed by atoms with Crippen LogP contribution in [0.3, 0.4) is 0 Å². The molecule has 1 aliphatic rings. The molecule has 0 radical (unpaired) electrons. The average molecular weight is 251 g/mol. The number of hydrogen-bond donors (Lipinski definition) is 1. The molecular weight excluding hydrogens is 230 g/mol. The highest BCUT2D eigenvalue weighted by molar-refractivity contribution is 5.27.